The van der Waals surface area contributed by atoms with Crippen LogP contribution in [-0.4, -0.2) is 14.5 Å². The van der Waals surface area contributed by atoms with Crippen LogP contribution in [0.15, 0.2) is 35.3 Å². The number of aromatic nitrogens is 3. The SMILES string of the molecule is CCn1c(=O)c2cnc(=S)[nH]c2c2ccccc21. The van der Waals surface area contributed by atoms with Crippen LogP contribution in [0.3, 0.4) is 0 Å². The zero-order chi connectivity index (χ0) is 12.7. The first kappa shape index (κ1) is 11.1. The summed E-state index contributed by atoms with van der Waals surface area (Å²) in [5.74, 6) is 0. The van der Waals surface area contributed by atoms with Crippen molar-refractivity contribution in [3.05, 3.63) is 45.6 Å². The Hall–Kier alpha value is -2.01. The summed E-state index contributed by atoms with van der Waals surface area (Å²) in [5, 5.41) is 1.56. The molecule has 2 aromatic heterocycles. The van der Waals surface area contributed by atoms with Crippen LogP contribution in [-0.2, 0) is 6.54 Å². The molecule has 2 heterocycles. The molecule has 90 valence electrons. The number of fused-ring (bicyclic) bond motifs is 3. The van der Waals surface area contributed by atoms with E-state index in [1.807, 2.05) is 31.2 Å². The zero-order valence-electron chi connectivity index (χ0n) is 9.80. The topological polar surface area (TPSA) is 50.7 Å². The van der Waals surface area contributed by atoms with Crippen LogP contribution >= 0.6 is 12.2 Å². The average molecular weight is 257 g/mol. The number of para-hydroxylation sites is 1. The molecule has 0 saturated heterocycles. The number of hydrogen-bond acceptors (Lipinski definition) is 3. The van der Waals surface area contributed by atoms with E-state index in [-0.39, 0.29) is 5.56 Å². The summed E-state index contributed by atoms with van der Waals surface area (Å²) in [5.41, 5.74) is 1.64. The molecular weight excluding hydrogens is 246 g/mol. The Morgan fingerprint density at radius 1 is 1.33 bits per heavy atom. The molecule has 3 aromatic rings. The minimum absolute atomic E-state index is 0.0371. The highest BCUT2D eigenvalue weighted by Crippen LogP contribution is 2.20. The average Bonchev–Trinajstić information content (AvgIpc) is 2.39. The van der Waals surface area contributed by atoms with E-state index in [4.69, 9.17) is 12.2 Å². The van der Waals surface area contributed by atoms with Gasteiger partial charge in [-0.1, -0.05) is 18.2 Å². The van der Waals surface area contributed by atoms with E-state index in [0.29, 0.717) is 16.7 Å². The Morgan fingerprint density at radius 3 is 2.89 bits per heavy atom. The van der Waals surface area contributed by atoms with E-state index in [0.717, 1.165) is 16.4 Å². The van der Waals surface area contributed by atoms with Crippen LogP contribution in [0.2, 0.25) is 0 Å². The van der Waals surface area contributed by atoms with Gasteiger partial charge in [-0.3, -0.25) is 4.79 Å². The summed E-state index contributed by atoms with van der Waals surface area (Å²) < 4.78 is 2.14. The van der Waals surface area contributed by atoms with Gasteiger partial charge in [0.15, 0.2) is 4.77 Å². The Kier molecular flexibility index (Phi) is 2.48. The summed E-state index contributed by atoms with van der Waals surface area (Å²) in [6.07, 6.45) is 1.55. The van der Waals surface area contributed by atoms with Gasteiger partial charge in [-0.15, -0.1) is 0 Å². The molecule has 0 bridgehead atoms. The zero-order valence-corrected chi connectivity index (χ0v) is 10.6. The van der Waals surface area contributed by atoms with Crippen LogP contribution in [0.4, 0.5) is 0 Å². The van der Waals surface area contributed by atoms with Crippen LogP contribution < -0.4 is 5.56 Å². The number of aromatic amines is 1. The number of nitrogens with one attached hydrogen (secondary N) is 1. The van der Waals surface area contributed by atoms with Gasteiger partial charge in [0.1, 0.15) is 0 Å². The molecule has 1 N–H and O–H groups in total. The maximum atomic E-state index is 12.4. The third kappa shape index (κ3) is 1.48. The van der Waals surface area contributed by atoms with Gasteiger partial charge in [0, 0.05) is 18.1 Å². The number of aryl methyl sites for hydroxylation is 1. The van der Waals surface area contributed by atoms with Crippen LogP contribution in [0.25, 0.3) is 21.8 Å². The lowest BCUT2D eigenvalue weighted by atomic mass is 10.1. The summed E-state index contributed by atoms with van der Waals surface area (Å²) in [7, 11) is 0. The van der Waals surface area contributed by atoms with Gasteiger partial charge in [0.2, 0.25) is 0 Å². The smallest absolute Gasteiger partial charge is 0.261 e. The number of benzene rings is 1. The molecule has 0 atom stereocenters. The van der Waals surface area contributed by atoms with E-state index in [1.54, 1.807) is 10.8 Å². The van der Waals surface area contributed by atoms with E-state index >= 15 is 0 Å². The lowest BCUT2D eigenvalue weighted by Gasteiger charge is -2.10. The highest BCUT2D eigenvalue weighted by Gasteiger charge is 2.09. The Bertz CT molecular complexity index is 863. The Labute approximate surface area is 108 Å². The van der Waals surface area contributed by atoms with Crippen LogP contribution in [0, 0.1) is 4.77 Å². The molecule has 1 aromatic carbocycles. The fraction of sp³-hybridized carbons (Fsp3) is 0.154. The van der Waals surface area contributed by atoms with Crippen LogP contribution in [0.1, 0.15) is 6.92 Å². The third-order valence-corrected chi connectivity index (χ3v) is 3.28. The normalized spacial score (nSPS) is 11.2. The van der Waals surface area contributed by atoms with Crippen molar-refractivity contribution in [2.45, 2.75) is 13.5 Å². The van der Waals surface area contributed by atoms with Crippen molar-refractivity contribution >= 4 is 34.0 Å². The molecule has 0 radical (unpaired) electrons. The molecule has 0 saturated carbocycles. The Morgan fingerprint density at radius 2 is 2.11 bits per heavy atom. The van der Waals surface area contributed by atoms with Gasteiger partial charge in [0.05, 0.1) is 16.4 Å². The lowest BCUT2D eigenvalue weighted by Crippen LogP contribution is -2.20. The molecule has 0 aliphatic rings. The molecule has 0 spiro atoms. The fourth-order valence-electron chi connectivity index (χ4n) is 2.26. The molecule has 0 aliphatic carbocycles. The van der Waals surface area contributed by atoms with Crippen molar-refractivity contribution in [3.63, 3.8) is 0 Å². The van der Waals surface area contributed by atoms with Gasteiger partial charge in [-0.25, -0.2) is 4.98 Å². The first-order chi connectivity index (χ1) is 8.72. The third-order valence-electron chi connectivity index (χ3n) is 3.07. The number of rotatable bonds is 1. The monoisotopic (exact) mass is 257 g/mol. The second-order valence-corrected chi connectivity index (χ2v) is 4.43. The number of nitrogens with zero attached hydrogens (tertiary/aromatic N) is 2. The first-order valence-corrected chi connectivity index (χ1v) is 6.13. The standard InChI is InChI=1S/C13H11N3OS/c1-2-16-10-6-4-3-5-8(10)11-9(12(16)17)7-14-13(18)15-11/h3-7H,2H2,1H3,(H,14,15,18). The molecule has 3 rings (SSSR count). The molecule has 5 heteroatoms. The number of pyridine rings is 1. The van der Waals surface area contributed by atoms with E-state index in [2.05, 4.69) is 9.97 Å². The van der Waals surface area contributed by atoms with E-state index in [9.17, 15) is 4.79 Å². The summed E-state index contributed by atoms with van der Waals surface area (Å²) in [6.45, 7) is 2.59. The number of hydrogen-bond donors (Lipinski definition) is 1. The fourth-order valence-corrected chi connectivity index (χ4v) is 2.41. The summed E-state index contributed by atoms with van der Waals surface area (Å²) >= 11 is 5.03. The van der Waals surface area contributed by atoms with Crippen molar-refractivity contribution in [1.82, 2.24) is 14.5 Å². The molecule has 18 heavy (non-hydrogen) atoms. The predicted molar refractivity (Wildman–Crippen MR) is 74.4 cm³/mol. The molecule has 0 unspecified atom stereocenters. The van der Waals surface area contributed by atoms with Gasteiger partial charge >= 0.3 is 0 Å². The maximum absolute atomic E-state index is 12.4. The molecule has 0 aliphatic heterocycles. The summed E-state index contributed by atoms with van der Waals surface area (Å²) in [4.78, 5) is 19.4. The predicted octanol–water partition coefficient (Wildman–Crippen LogP) is 2.63. The second kappa shape index (κ2) is 4.03. The summed E-state index contributed by atoms with van der Waals surface area (Å²) in [6, 6.07) is 7.80. The van der Waals surface area contributed by atoms with E-state index in [1.165, 1.54) is 0 Å². The molecule has 0 fully saturated rings. The van der Waals surface area contributed by atoms with Gasteiger partial charge in [0.25, 0.3) is 5.56 Å². The van der Waals surface area contributed by atoms with Gasteiger partial charge < -0.3 is 9.55 Å². The maximum Gasteiger partial charge on any atom is 0.261 e. The first-order valence-electron chi connectivity index (χ1n) is 5.73. The minimum atomic E-state index is -0.0371. The van der Waals surface area contributed by atoms with Gasteiger partial charge in [-0.2, -0.15) is 0 Å². The molecule has 4 nitrogen and oxygen atoms in total. The highest BCUT2D eigenvalue weighted by molar-refractivity contribution is 7.71. The van der Waals surface area contributed by atoms with Crippen molar-refractivity contribution < 1.29 is 0 Å². The quantitative estimate of drug-likeness (QED) is 0.538. The molecule has 0 amide bonds. The van der Waals surface area contributed by atoms with E-state index < -0.39 is 0 Å². The lowest BCUT2D eigenvalue weighted by molar-refractivity contribution is 0.766. The minimum Gasteiger partial charge on any atom is -0.330 e. The Balaban J connectivity index is 2.71. The van der Waals surface area contributed by atoms with Crippen molar-refractivity contribution in [3.8, 4) is 0 Å². The number of H-pyrrole nitrogens is 1. The van der Waals surface area contributed by atoms with Crippen LogP contribution in [0.5, 0.6) is 0 Å². The van der Waals surface area contributed by atoms with Crippen molar-refractivity contribution in [1.29, 1.82) is 0 Å². The molecular formula is C13H11N3OS. The second-order valence-electron chi connectivity index (χ2n) is 4.04. The highest BCUT2D eigenvalue weighted by atomic mass is 32.1. The van der Waals surface area contributed by atoms with Crippen molar-refractivity contribution in [2.75, 3.05) is 0 Å². The largest absolute Gasteiger partial charge is 0.330 e. The van der Waals surface area contributed by atoms with Gasteiger partial charge in [-0.05, 0) is 25.2 Å². The van der Waals surface area contributed by atoms with Crippen molar-refractivity contribution in [2.24, 2.45) is 0 Å².